The van der Waals surface area contributed by atoms with Crippen LogP contribution in [0, 0.1) is 5.41 Å². The third kappa shape index (κ3) is 5.04. The summed E-state index contributed by atoms with van der Waals surface area (Å²) in [6.07, 6.45) is 9.84. The summed E-state index contributed by atoms with van der Waals surface area (Å²) in [6.45, 7) is 4.67. The molecular weight excluding hydrogens is 867 g/mol. The summed E-state index contributed by atoms with van der Waals surface area (Å²) in [6, 6.07) is 55.5. The molecule has 2 atom stereocenters. The summed E-state index contributed by atoms with van der Waals surface area (Å²) < 4.78 is 10.1. The first kappa shape index (κ1) is 36.6. The SMILES string of the molecule is CC1(C2=C3c4ccccc4SC3(C)NC(n3c4cc5ccccc5cc4c4c(-c5ccc6oc(-c7ccc8ccc9cccc%10ccc7c8c9%10)c(Br)c6c5)cccc43)=N2)C=CC=CC1. The molecule has 0 radical (unpaired) electrons. The summed E-state index contributed by atoms with van der Waals surface area (Å²) in [7, 11) is 0. The predicted octanol–water partition coefficient (Wildman–Crippen LogP) is 16.3. The molecule has 11 aromatic rings. The summed E-state index contributed by atoms with van der Waals surface area (Å²) >= 11 is 5.97. The van der Waals surface area contributed by atoms with Crippen molar-refractivity contribution < 1.29 is 4.42 Å². The van der Waals surface area contributed by atoms with E-state index in [4.69, 9.17) is 9.41 Å². The highest BCUT2D eigenvalue weighted by Crippen LogP contribution is 2.57. The van der Waals surface area contributed by atoms with Crippen molar-refractivity contribution in [2.45, 2.75) is 30.0 Å². The first-order valence-corrected chi connectivity index (χ1v) is 23.6. The Labute approximate surface area is 381 Å². The maximum Gasteiger partial charge on any atom is 0.209 e. The minimum atomic E-state index is -0.434. The van der Waals surface area contributed by atoms with Crippen LogP contribution < -0.4 is 5.32 Å². The van der Waals surface area contributed by atoms with E-state index in [2.05, 4.69) is 216 Å². The lowest BCUT2D eigenvalue weighted by molar-refractivity contribution is 0.502. The molecular formula is C58H38BrN3OS. The molecule has 304 valence electrons. The van der Waals surface area contributed by atoms with Gasteiger partial charge in [0.1, 0.15) is 16.2 Å². The largest absolute Gasteiger partial charge is 0.455 e. The van der Waals surface area contributed by atoms with Crippen molar-refractivity contribution in [2.75, 3.05) is 0 Å². The lowest BCUT2D eigenvalue weighted by Gasteiger charge is -2.39. The van der Waals surface area contributed by atoms with Gasteiger partial charge in [0.25, 0.3) is 0 Å². The normalized spacial score (nSPS) is 19.5. The van der Waals surface area contributed by atoms with Crippen LogP contribution in [-0.2, 0) is 0 Å². The van der Waals surface area contributed by atoms with Crippen LogP contribution in [0.2, 0.25) is 0 Å². The Bertz CT molecular complexity index is 3980. The molecule has 1 aliphatic carbocycles. The third-order valence-electron chi connectivity index (χ3n) is 14.1. The number of nitrogens with one attached hydrogen (secondary N) is 1. The maximum absolute atomic E-state index is 6.80. The van der Waals surface area contributed by atoms with Crippen LogP contribution in [0.25, 0.3) is 104 Å². The van der Waals surface area contributed by atoms with Gasteiger partial charge in [-0.3, -0.25) is 4.57 Å². The predicted molar refractivity (Wildman–Crippen MR) is 274 cm³/mol. The Morgan fingerprint density at radius 1 is 0.625 bits per heavy atom. The van der Waals surface area contributed by atoms with E-state index in [0.29, 0.717) is 0 Å². The number of nitrogens with zero attached hydrogens (tertiary/aromatic N) is 2. The van der Waals surface area contributed by atoms with Gasteiger partial charge in [-0.15, -0.1) is 0 Å². The number of rotatable bonds is 3. The second-order valence-corrected chi connectivity index (χ2v) is 20.3. The molecule has 0 saturated carbocycles. The van der Waals surface area contributed by atoms with Gasteiger partial charge in [-0.2, -0.15) is 0 Å². The minimum Gasteiger partial charge on any atom is -0.455 e. The number of fused-ring (bicyclic) bond motifs is 8. The Balaban J connectivity index is 0.986. The van der Waals surface area contributed by atoms with Gasteiger partial charge in [-0.25, -0.2) is 4.99 Å². The number of hydrogen-bond donors (Lipinski definition) is 1. The van der Waals surface area contributed by atoms with Crippen LogP contribution in [0.1, 0.15) is 25.8 Å². The number of furan rings is 1. The number of aliphatic imine (C=N–C) groups is 1. The molecule has 3 aliphatic rings. The maximum atomic E-state index is 6.80. The van der Waals surface area contributed by atoms with Crippen LogP contribution in [0.4, 0.5) is 0 Å². The summed E-state index contributed by atoms with van der Waals surface area (Å²) in [5.74, 6) is 1.68. The number of hydrogen-bond acceptors (Lipinski definition) is 4. The number of benzene rings is 9. The van der Waals surface area contributed by atoms with Gasteiger partial charge in [0.15, 0.2) is 0 Å². The van der Waals surface area contributed by atoms with Crippen LogP contribution in [-0.4, -0.2) is 15.4 Å². The zero-order valence-electron chi connectivity index (χ0n) is 35.0. The van der Waals surface area contributed by atoms with Gasteiger partial charge >= 0.3 is 0 Å². The molecule has 2 aliphatic heterocycles. The van der Waals surface area contributed by atoms with Gasteiger partial charge in [-0.1, -0.05) is 152 Å². The highest BCUT2D eigenvalue weighted by Gasteiger charge is 2.48. The number of halogens is 1. The van der Waals surface area contributed by atoms with Crippen molar-refractivity contribution in [3.05, 3.63) is 192 Å². The lowest BCUT2D eigenvalue weighted by Crippen LogP contribution is -2.49. The molecule has 4 nitrogen and oxygen atoms in total. The molecule has 4 heterocycles. The topological polar surface area (TPSA) is 42.5 Å². The first-order valence-electron chi connectivity index (χ1n) is 21.9. The van der Waals surface area contributed by atoms with E-state index in [-0.39, 0.29) is 5.41 Å². The third-order valence-corrected chi connectivity index (χ3v) is 16.2. The summed E-state index contributed by atoms with van der Waals surface area (Å²) in [5, 5.41) is 17.4. The van der Waals surface area contributed by atoms with E-state index in [1.165, 1.54) is 69.9 Å². The van der Waals surface area contributed by atoms with Gasteiger partial charge < -0.3 is 9.73 Å². The summed E-state index contributed by atoms with van der Waals surface area (Å²) in [4.78, 5) is 6.60. The van der Waals surface area contributed by atoms with Crippen molar-refractivity contribution in [3.8, 4) is 22.5 Å². The Kier molecular flexibility index (Phi) is 7.49. The Morgan fingerprint density at radius 2 is 1.36 bits per heavy atom. The van der Waals surface area contributed by atoms with Gasteiger partial charge in [0.2, 0.25) is 5.96 Å². The molecule has 14 rings (SSSR count). The Hall–Kier alpha value is -6.86. The second kappa shape index (κ2) is 13.1. The lowest BCUT2D eigenvalue weighted by atomic mass is 9.76. The van der Waals surface area contributed by atoms with Crippen LogP contribution in [0.3, 0.4) is 0 Å². The fourth-order valence-corrected chi connectivity index (χ4v) is 13.0. The van der Waals surface area contributed by atoms with Gasteiger partial charge in [0, 0.05) is 37.6 Å². The van der Waals surface area contributed by atoms with Crippen molar-refractivity contribution in [2.24, 2.45) is 10.4 Å². The smallest absolute Gasteiger partial charge is 0.209 e. The van der Waals surface area contributed by atoms with Crippen molar-refractivity contribution in [1.29, 1.82) is 0 Å². The fraction of sp³-hybridized carbons (Fsp3) is 0.0862. The fourth-order valence-electron chi connectivity index (χ4n) is 11.1. The monoisotopic (exact) mass is 903 g/mol. The van der Waals surface area contributed by atoms with E-state index in [9.17, 15) is 0 Å². The molecule has 64 heavy (non-hydrogen) atoms. The first-order chi connectivity index (χ1) is 31.3. The molecule has 0 saturated heterocycles. The molecule has 6 heteroatoms. The van der Waals surface area contributed by atoms with Crippen LogP contribution in [0.5, 0.6) is 0 Å². The van der Waals surface area contributed by atoms with E-state index >= 15 is 0 Å². The van der Waals surface area contributed by atoms with Crippen molar-refractivity contribution >= 4 is 115 Å². The molecule has 0 spiro atoms. The quantitative estimate of drug-likeness (QED) is 0.180. The second-order valence-electron chi connectivity index (χ2n) is 18.0. The Morgan fingerprint density at radius 3 is 2.20 bits per heavy atom. The molecule has 0 fully saturated rings. The number of thioether (sulfide) groups is 1. The zero-order chi connectivity index (χ0) is 42.5. The molecule has 0 bridgehead atoms. The van der Waals surface area contributed by atoms with E-state index in [0.717, 1.165) is 67.0 Å². The van der Waals surface area contributed by atoms with Crippen LogP contribution >= 0.6 is 27.7 Å². The highest BCUT2D eigenvalue weighted by atomic mass is 79.9. The zero-order valence-corrected chi connectivity index (χ0v) is 37.4. The minimum absolute atomic E-state index is 0.281. The van der Waals surface area contributed by atoms with E-state index < -0.39 is 4.87 Å². The molecule has 2 unspecified atom stereocenters. The highest BCUT2D eigenvalue weighted by molar-refractivity contribution is 9.10. The molecule has 1 N–H and O–H groups in total. The molecule has 2 aromatic heterocycles. The average molecular weight is 905 g/mol. The van der Waals surface area contributed by atoms with E-state index in [1.807, 2.05) is 11.8 Å². The van der Waals surface area contributed by atoms with Gasteiger partial charge in [0.05, 0.1) is 21.2 Å². The van der Waals surface area contributed by atoms with Gasteiger partial charge in [-0.05, 0) is 132 Å². The number of allylic oxidation sites excluding steroid dienone is 4. The van der Waals surface area contributed by atoms with Crippen molar-refractivity contribution in [3.63, 3.8) is 0 Å². The van der Waals surface area contributed by atoms with Crippen LogP contribution in [0.15, 0.2) is 200 Å². The van der Waals surface area contributed by atoms with E-state index in [1.54, 1.807) is 0 Å². The molecule has 0 amide bonds. The standard InChI is InChI=1S/C58H38BrN3OS/c1-57(28-8-3-9-29-57)55-52-42-16-6-7-19-48(42)64-58(52,2)61-56(60-55)62-45-18-11-17-39(51(45)43-30-36-12-4-5-13-37(36)32-46(43)62)38-24-27-47-44(31-38)53(59)54(63-47)41-26-23-35-21-20-33-14-10-15-34-22-25-40(41)50(35)49(33)34/h3-28,30-32H,29H2,1-2H3,(H,60,61). The number of aromatic nitrogens is 1. The average Bonchev–Trinajstić information content (AvgIpc) is 3.95. The summed E-state index contributed by atoms with van der Waals surface area (Å²) in [5.41, 5.74) is 9.79. The van der Waals surface area contributed by atoms with Crippen molar-refractivity contribution in [1.82, 2.24) is 9.88 Å². The molecule has 9 aromatic carbocycles.